The molecule has 2 aromatic carbocycles. The van der Waals surface area contributed by atoms with Crippen LogP contribution in [0.25, 0.3) is 0 Å². The summed E-state index contributed by atoms with van der Waals surface area (Å²) in [5.74, 6) is -0.355. The maximum absolute atomic E-state index is 12.2. The number of hydrogen-bond acceptors (Lipinski definition) is 3. The molecule has 5 nitrogen and oxygen atoms in total. The van der Waals surface area contributed by atoms with Crippen LogP contribution in [0.1, 0.15) is 27.0 Å². The molecule has 21 heavy (non-hydrogen) atoms. The molecule has 0 aliphatic carbocycles. The van der Waals surface area contributed by atoms with Crippen molar-refractivity contribution in [2.45, 2.75) is 20.8 Å². The first-order chi connectivity index (χ1) is 9.90. The van der Waals surface area contributed by atoms with Crippen molar-refractivity contribution in [2.24, 2.45) is 0 Å². The Morgan fingerprint density at radius 3 is 2.24 bits per heavy atom. The SMILES string of the molecule is Cc1ccc(C(=O)Nc2c([N+](=O)[O-])ccc(C)c2C)cc1. The van der Waals surface area contributed by atoms with Gasteiger partial charge in [0.25, 0.3) is 11.6 Å². The van der Waals surface area contributed by atoms with Gasteiger partial charge in [0.1, 0.15) is 5.69 Å². The number of hydrogen-bond donors (Lipinski definition) is 1. The minimum Gasteiger partial charge on any atom is -0.316 e. The Labute approximate surface area is 122 Å². The van der Waals surface area contributed by atoms with Crippen molar-refractivity contribution in [3.05, 3.63) is 68.8 Å². The highest BCUT2D eigenvalue weighted by atomic mass is 16.6. The largest absolute Gasteiger partial charge is 0.316 e. The number of rotatable bonds is 3. The summed E-state index contributed by atoms with van der Waals surface area (Å²) in [4.78, 5) is 22.8. The predicted molar refractivity (Wildman–Crippen MR) is 81.7 cm³/mol. The van der Waals surface area contributed by atoms with Crippen LogP contribution in [0.15, 0.2) is 36.4 Å². The summed E-state index contributed by atoms with van der Waals surface area (Å²) in [5, 5.41) is 13.8. The quantitative estimate of drug-likeness (QED) is 0.688. The van der Waals surface area contributed by atoms with Gasteiger partial charge in [-0.15, -0.1) is 0 Å². The van der Waals surface area contributed by atoms with E-state index in [1.54, 1.807) is 25.1 Å². The highest BCUT2D eigenvalue weighted by molar-refractivity contribution is 6.06. The average Bonchev–Trinajstić information content (AvgIpc) is 2.44. The lowest BCUT2D eigenvalue weighted by Gasteiger charge is -2.11. The molecule has 0 radical (unpaired) electrons. The minimum atomic E-state index is -0.489. The van der Waals surface area contributed by atoms with Crippen molar-refractivity contribution in [1.82, 2.24) is 0 Å². The third kappa shape index (κ3) is 3.08. The number of nitrogens with zero attached hydrogens (tertiary/aromatic N) is 1. The Balaban J connectivity index is 2.38. The van der Waals surface area contributed by atoms with E-state index in [9.17, 15) is 14.9 Å². The van der Waals surface area contributed by atoms with E-state index in [-0.39, 0.29) is 17.3 Å². The third-order valence-electron chi connectivity index (χ3n) is 3.46. The number of amides is 1. The van der Waals surface area contributed by atoms with E-state index in [0.29, 0.717) is 11.1 Å². The number of nitrogens with one attached hydrogen (secondary N) is 1. The molecule has 0 saturated heterocycles. The molecule has 0 atom stereocenters. The molecule has 108 valence electrons. The Bertz CT molecular complexity index is 706. The van der Waals surface area contributed by atoms with E-state index in [0.717, 1.165) is 11.1 Å². The van der Waals surface area contributed by atoms with E-state index in [1.807, 2.05) is 26.0 Å². The summed E-state index contributed by atoms with van der Waals surface area (Å²) in [6.07, 6.45) is 0. The zero-order valence-electron chi connectivity index (χ0n) is 12.1. The minimum absolute atomic E-state index is 0.0986. The van der Waals surface area contributed by atoms with Crippen LogP contribution in [0.3, 0.4) is 0 Å². The summed E-state index contributed by atoms with van der Waals surface area (Å²) in [6, 6.07) is 10.1. The molecule has 0 unspecified atom stereocenters. The topological polar surface area (TPSA) is 72.2 Å². The van der Waals surface area contributed by atoms with Crippen LogP contribution in [0.2, 0.25) is 0 Å². The first-order valence-corrected chi connectivity index (χ1v) is 6.52. The molecule has 2 rings (SSSR count). The lowest BCUT2D eigenvalue weighted by Crippen LogP contribution is -2.14. The van der Waals surface area contributed by atoms with E-state index >= 15 is 0 Å². The maximum atomic E-state index is 12.2. The molecule has 1 amide bonds. The standard InChI is InChI=1S/C16H16N2O3/c1-10-4-7-13(8-5-10)16(19)17-15-12(3)11(2)6-9-14(15)18(20)21/h4-9H,1-3H3,(H,17,19). The second-order valence-electron chi connectivity index (χ2n) is 4.98. The molecule has 1 N–H and O–H groups in total. The van der Waals surface area contributed by atoms with Crippen LogP contribution in [-0.2, 0) is 0 Å². The van der Waals surface area contributed by atoms with Crippen molar-refractivity contribution in [3.63, 3.8) is 0 Å². The van der Waals surface area contributed by atoms with Crippen molar-refractivity contribution in [1.29, 1.82) is 0 Å². The number of nitro groups is 1. The van der Waals surface area contributed by atoms with Crippen LogP contribution >= 0.6 is 0 Å². The van der Waals surface area contributed by atoms with Gasteiger partial charge in [-0.2, -0.15) is 0 Å². The molecule has 2 aromatic rings. The van der Waals surface area contributed by atoms with Crippen LogP contribution < -0.4 is 5.32 Å². The first-order valence-electron chi connectivity index (χ1n) is 6.52. The molecule has 5 heteroatoms. The molecule has 0 spiro atoms. The van der Waals surface area contributed by atoms with Gasteiger partial charge >= 0.3 is 0 Å². The predicted octanol–water partition coefficient (Wildman–Crippen LogP) is 3.77. The van der Waals surface area contributed by atoms with Gasteiger partial charge in [-0.05, 0) is 44.0 Å². The fourth-order valence-corrected chi connectivity index (χ4v) is 2.00. The van der Waals surface area contributed by atoms with Gasteiger partial charge in [0.2, 0.25) is 0 Å². The van der Waals surface area contributed by atoms with Crippen molar-refractivity contribution >= 4 is 17.3 Å². The fourth-order valence-electron chi connectivity index (χ4n) is 2.00. The summed E-state index contributed by atoms with van der Waals surface area (Å²) in [7, 11) is 0. The van der Waals surface area contributed by atoms with Crippen molar-refractivity contribution in [2.75, 3.05) is 5.32 Å². The van der Waals surface area contributed by atoms with Crippen LogP contribution in [0.5, 0.6) is 0 Å². The smallest absolute Gasteiger partial charge is 0.293 e. The monoisotopic (exact) mass is 284 g/mol. The summed E-state index contributed by atoms with van der Waals surface area (Å²) < 4.78 is 0. The van der Waals surface area contributed by atoms with Crippen molar-refractivity contribution in [3.8, 4) is 0 Å². The zero-order valence-corrected chi connectivity index (χ0v) is 12.1. The van der Waals surface area contributed by atoms with Gasteiger partial charge in [0.05, 0.1) is 4.92 Å². The molecular formula is C16H16N2O3. The highest BCUT2D eigenvalue weighted by Crippen LogP contribution is 2.30. The summed E-state index contributed by atoms with van der Waals surface area (Å²) in [6.45, 7) is 5.53. The van der Waals surface area contributed by atoms with Crippen LogP contribution in [0.4, 0.5) is 11.4 Å². The second kappa shape index (κ2) is 5.75. The number of anilines is 1. The van der Waals surface area contributed by atoms with Gasteiger partial charge in [-0.25, -0.2) is 0 Å². The number of carbonyl (C=O) groups excluding carboxylic acids is 1. The van der Waals surface area contributed by atoms with E-state index < -0.39 is 4.92 Å². The number of nitro benzene ring substituents is 1. The van der Waals surface area contributed by atoms with Gasteiger partial charge in [-0.3, -0.25) is 14.9 Å². The normalized spacial score (nSPS) is 10.2. The number of carbonyl (C=O) groups is 1. The third-order valence-corrected chi connectivity index (χ3v) is 3.46. The maximum Gasteiger partial charge on any atom is 0.293 e. The fraction of sp³-hybridized carbons (Fsp3) is 0.188. The van der Waals surface area contributed by atoms with Crippen LogP contribution in [0, 0.1) is 30.9 Å². The van der Waals surface area contributed by atoms with E-state index in [4.69, 9.17) is 0 Å². The van der Waals surface area contributed by atoms with E-state index in [2.05, 4.69) is 5.32 Å². The summed E-state index contributed by atoms with van der Waals surface area (Å²) >= 11 is 0. The lowest BCUT2D eigenvalue weighted by atomic mass is 10.1. The molecule has 0 bridgehead atoms. The Hall–Kier alpha value is -2.69. The Kier molecular flexibility index (Phi) is 4.03. The average molecular weight is 284 g/mol. The van der Waals surface area contributed by atoms with Gasteiger partial charge < -0.3 is 5.32 Å². The lowest BCUT2D eigenvalue weighted by molar-refractivity contribution is -0.384. The molecule has 0 heterocycles. The zero-order chi connectivity index (χ0) is 15.6. The number of aryl methyl sites for hydroxylation is 2. The molecule has 0 aliphatic heterocycles. The number of benzene rings is 2. The van der Waals surface area contributed by atoms with Gasteiger partial charge in [0, 0.05) is 11.6 Å². The summed E-state index contributed by atoms with van der Waals surface area (Å²) in [5.41, 5.74) is 3.26. The highest BCUT2D eigenvalue weighted by Gasteiger charge is 2.19. The van der Waals surface area contributed by atoms with E-state index in [1.165, 1.54) is 6.07 Å². The van der Waals surface area contributed by atoms with Gasteiger partial charge in [-0.1, -0.05) is 23.8 Å². The Morgan fingerprint density at radius 2 is 1.67 bits per heavy atom. The molecule has 0 aliphatic rings. The molecular weight excluding hydrogens is 268 g/mol. The molecule has 0 aromatic heterocycles. The first kappa shape index (κ1) is 14.7. The Morgan fingerprint density at radius 1 is 1.05 bits per heavy atom. The molecule has 0 saturated carbocycles. The van der Waals surface area contributed by atoms with Crippen molar-refractivity contribution < 1.29 is 9.72 Å². The van der Waals surface area contributed by atoms with Crippen LogP contribution in [-0.4, -0.2) is 10.8 Å². The molecule has 0 fully saturated rings. The van der Waals surface area contributed by atoms with Gasteiger partial charge in [0.15, 0.2) is 0 Å². The second-order valence-corrected chi connectivity index (χ2v) is 4.98.